The predicted molar refractivity (Wildman–Crippen MR) is 114 cm³/mol. The van der Waals surface area contributed by atoms with Gasteiger partial charge in [0.05, 0.1) is 0 Å². The van der Waals surface area contributed by atoms with E-state index >= 15 is 0 Å². The van der Waals surface area contributed by atoms with Crippen molar-refractivity contribution < 1.29 is 23.9 Å². The highest BCUT2D eigenvalue weighted by molar-refractivity contribution is 5.91. The highest BCUT2D eigenvalue weighted by atomic mass is 16.5. The van der Waals surface area contributed by atoms with Crippen molar-refractivity contribution in [3.8, 4) is 0 Å². The fourth-order valence-corrected chi connectivity index (χ4v) is 4.47. The van der Waals surface area contributed by atoms with Crippen molar-refractivity contribution in [3.63, 3.8) is 0 Å². The van der Waals surface area contributed by atoms with Crippen molar-refractivity contribution in [2.75, 3.05) is 13.2 Å². The molecule has 168 valence electrons. The van der Waals surface area contributed by atoms with E-state index in [-0.39, 0.29) is 11.8 Å². The molecule has 1 aromatic carbocycles. The third-order valence-corrected chi connectivity index (χ3v) is 6.12. The molecule has 1 aliphatic heterocycles. The second-order valence-electron chi connectivity index (χ2n) is 8.43. The van der Waals surface area contributed by atoms with Crippen molar-refractivity contribution in [2.45, 2.75) is 69.4 Å². The highest BCUT2D eigenvalue weighted by Crippen LogP contribution is 2.38. The Hall–Kier alpha value is -2.90. The number of esters is 1. The van der Waals surface area contributed by atoms with Crippen molar-refractivity contribution in [2.24, 2.45) is 0 Å². The number of amides is 3. The van der Waals surface area contributed by atoms with Crippen molar-refractivity contribution in [1.82, 2.24) is 16.0 Å². The topological polar surface area (TPSA) is 114 Å². The molecule has 0 spiro atoms. The van der Waals surface area contributed by atoms with Crippen LogP contribution < -0.4 is 16.0 Å². The molecule has 3 N–H and O–H groups in total. The third-order valence-electron chi connectivity index (χ3n) is 6.12. The average Bonchev–Trinajstić information content (AvgIpc) is 2.96. The van der Waals surface area contributed by atoms with E-state index in [1.54, 1.807) is 0 Å². The van der Waals surface area contributed by atoms with Gasteiger partial charge < -0.3 is 20.7 Å². The van der Waals surface area contributed by atoms with E-state index in [1.165, 1.54) is 12.5 Å². The van der Waals surface area contributed by atoms with Crippen LogP contribution in [0, 0.1) is 0 Å². The number of hydrogen-bond donors (Lipinski definition) is 3. The van der Waals surface area contributed by atoms with E-state index in [0.717, 1.165) is 25.7 Å². The zero-order valence-electron chi connectivity index (χ0n) is 17.9. The van der Waals surface area contributed by atoms with Gasteiger partial charge in [-0.1, -0.05) is 30.3 Å². The maximum absolute atomic E-state index is 12.9. The molecular weight excluding hydrogens is 398 g/mol. The third kappa shape index (κ3) is 6.06. The Morgan fingerprint density at radius 2 is 1.81 bits per heavy atom. The number of ether oxygens (including phenoxy) is 1. The van der Waals surface area contributed by atoms with Crippen molar-refractivity contribution in [3.05, 3.63) is 35.9 Å². The molecule has 0 aromatic heterocycles. The fraction of sp³-hybridized carbons (Fsp3) is 0.565. The van der Waals surface area contributed by atoms with Gasteiger partial charge in [-0.2, -0.15) is 0 Å². The van der Waals surface area contributed by atoms with E-state index in [0.29, 0.717) is 31.7 Å². The molecule has 1 saturated carbocycles. The number of benzene rings is 1. The highest BCUT2D eigenvalue weighted by Gasteiger charge is 2.44. The zero-order chi connectivity index (χ0) is 22.3. The Bertz CT molecular complexity index is 803. The molecular formula is C23H31N3O5. The van der Waals surface area contributed by atoms with E-state index in [9.17, 15) is 19.2 Å². The normalized spacial score (nSPS) is 26.2. The first-order valence-electron chi connectivity index (χ1n) is 11.0. The lowest BCUT2D eigenvalue weighted by Crippen LogP contribution is -2.57. The van der Waals surface area contributed by atoms with Gasteiger partial charge in [-0.3, -0.25) is 14.4 Å². The SMILES string of the molecule is CC(=O)NC1(C(=O)OCC(=O)NC2CCCCNC2=O)CCC(c2ccccc2)CC1. The van der Waals surface area contributed by atoms with Gasteiger partial charge in [0.25, 0.3) is 5.91 Å². The number of carbonyl (C=O) groups is 4. The van der Waals surface area contributed by atoms with Gasteiger partial charge in [-0.15, -0.1) is 0 Å². The van der Waals surface area contributed by atoms with Gasteiger partial charge in [-0.05, 0) is 56.4 Å². The molecule has 2 aliphatic rings. The summed E-state index contributed by atoms with van der Waals surface area (Å²) in [6, 6.07) is 9.48. The van der Waals surface area contributed by atoms with Crippen molar-refractivity contribution >= 4 is 23.7 Å². The standard InChI is InChI=1S/C23H31N3O5/c1-16(27)26-23(12-10-18(11-13-23)17-7-3-2-4-8-17)22(30)31-15-20(28)25-19-9-5-6-14-24-21(19)29/h2-4,7-8,18-19H,5-6,9-15H2,1H3,(H,24,29)(H,25,28)(H,26,27). The van der Waals surface area contributed by atoms with E-state index in [4.69, 9.17) is 4.74 Å². The van der Waals surface area contributed by atoms with Gasteiger partial charge in [0.1, 0.15) is 11.6 Å². The van der Waals surface area contributed by atoms with Crippen LogP contribution in [0.15, 0.2) is 30.3 Å². The smallest absolute Gasteiger partial charge is 0.332 e. The molecule has 0 bridgehead atoms. The Morgan fingerprint density at radius 3 is 2.48 bits per heavy atom. The molecule has 3 rings (SSSR count). The number of rotatable bonds is 6. The summed E-state index contributed by atoms with van der Waals surface area (Å²) in [5.41, 5.74) is 0.0882. The number of hydrogen-bond acceptors (Lipinski definition) is 5. The van der Waals surface area contributed by atoms with Crippen LogP contribution in [0.2, 0.25) is 0 Å². The fourth-order valence-electron chi connectivity index (χ4n) is 4.47. The number of carbonyl (C=O) groups excluding carboxylic acids is 4. The minimum atomic E-state index is -1.13. The summed E-state index contributed by atoms with van der Waals surface area (Å²) in [4.78, 5) is 49.0. The molecule has 1 aliphatic carbocycles. The summed E-state index contributed by atoms with van der Waals surface area (Å²) in [5.74, 6) is -1.34. The Kier molecular flexibility index (Phi) is 7.65. The first-order valence-corrected chi connectivity index (χ1v) is 11.0. The monoisotopic (exact) mass is 429 g/mol. The first-order chi connectivity index (χ1) is 14.9. The summed E-state index contributed by atoms with van der Waals surface area (Å²) >= 11 is 0. The minimum absolute atomic E-state index is 0.217. The van der Waals surface area contributed by atoms with Crippen LogP contribution in [0.3, 0.4) is 0 Å². The molecule has 8 nitrogen and oxygen atoms in total. The van der Waals surface area contributed by atoms with Crippen molar-refractivity contribution in [1.29, 1.82) is 0 Å². The Morgan fingerprint density at radius 1 is 1.10 bits per heavy atom. The van der Waals surface area contributed by atoms with E-state index in [1.807, 2.05) is 18.2 Å². The molecule has 1 heterocycles. The van der Waals surface area contributed by atoms with Gasteiger partial charge in [0.15, 0.2) is 6.61 Å². The van der Waals surface area contributed by atoms with E-state index in [2.05, 4.69) is 28.1 Å². The molecule has 1 unspecified atom stereocenters. The molecule has 3 amide bonds. The summed E-state index contributed by atoms with van der Waals surface area (Å²) < 4.78 is 5.30. The summed E-state index contributed by atoms with van der Waals surface area (Å²) in [6.45, 7) is 1.49. The van der Waals surface area contributed by atoms with Crippen LogP contribution in [0.4, 0.5) is 0 Å². The summed E-state index contributed by atoms with van der Waals surface area (Å²) in [7, 11) is 0. The lowest BCUT2D eigenvalue weighted by atomic mass is 9.74. The molecule has 31 heavy (non-hydrogen) atoms. The maximum atomic E-state index is 12.9. The average molecular weight is 430 g/mol. The zero-order valence-corrected chi connectivity index (χ0v) is 17.9. The van der Waals surface area contributed by atoms with E-state index < -0.39 is 30.1 Å². The van der Waals surface area contributed by atoms with Gasteiger partial charge >= 0.3 is 5.97 Å². The summed E-state index contributed by atoms with van der Waals surface area (Å²) in [5, 5.41) is 8.16. The Balaban J connectivity index is 1.57. The van der Waals surface area contributed by atoms with Gasteiger partial charge in [0, 0.05) is 13.5 Å². The first kappa shape index (κ1) is 22.8. The second-order valence-corrected chi connectivity index (χ2v) is 8.43. The van der Waals surface area contributed by atoms with Gasteiger partial charge in [-0.25, -0.2) is 4.79 Å². The Labute approximate surface area is 182 Å². The van der Waals surface area contributed by atoms with Crippen LogP contribution >= 0.6 is 0 Å². The molecule has 1 saturated heterocycles. The minimum Gasteiger partial charge on any atom is -0.454 e. The van der Waals surface area contributed by atoms with Crippen LogP contribution in [-0.2, 0) is 23.9 Å². The lowest BCUT2D eigenvalue weighted by Gasteiger charge is -2.38. The molecule has 8 heteroatoms. The molecule has 1 aromatic rings. The lowest BCUT2D eigenvalue weighted by molar-refractivity contribution is -0.158. The molecule has 0 radical (unpaired) electrons. The van der Waals surface area contributed by atoms with Crippen LogP contribution in [0.5, 0.6) is 0 Å². The predicted octanol–water partition coefficient (Wildman–Crippen LogP) is 1.55. The summed E-state index contributed by atoms with van der Waals surface area (Å²) in [6.07, 6.45) is 4.60. The van der Waals surface area contributed by atoms with Crippen LogP contribution in [-0.4, -0.2) is 48.4 Å². The van der Waals surface area contributed by atoms with Gasteiger partial charge in [0.2, 0.25) is 11.8 Å². The largest absolute Gasteiger partial charge is 0.454 e. The molecule has 2 fully saturated rings. The molecule has 1 atom stereocenters. The van der Waals surface area contributed by atoms with Crippen LogP contribution in [0.25, 0.3) is 0 Å². The maximum Gasteiger partial charge on any atom is 0.332 e. The number of nitrogens with one attached hydrogen (secondary N) is 3. The van der Waals surface area contributed by atoms with Crippen LogP contribution in [0.1, 0.15) is 63.4 Å². The quantitative estimate of drug-likeness (QED) is 0.594. The second kappa shape index (κ2) is 10.4.